The second-order valence-corrected chi connectivity index (χ2v) is 5.31. The van der Waals surface area contributed by atoms with E-state index in [1.54, 1.807) is 13.8 Å². The molecule has 3 N–H and O–H groups in total. The van der Waals surface area contributed by atoms with E-state index in [0.717, 1.165) is 0 Å². The Hall–Kier alpha value is -1.90. The quantitative estimate of drug-likeness (QED) is 0.749. The molecule has 106 valence electrons. The maximum absolute atomic E-state index is 11.8. The molecule has 7 heteroatoms. The lowest BCUT2D eigenvalue weighted by Gasteiger charge is -2.20. The van der Waals surface area contributed by atoms with Gasteiger partial charge in [0.05, 0.1) is 21.8 Å². The zero-order valence-electron chi connectivity index (χ0n) is 10.8. The Morgan fingerprint density at radius 1 is 1.35 bits per heavy atom. The Morgan fingerprint density at radius 3 is 2.45 bits per heavy atom. The summed E-state index contributed by atoms with van der Waals surface area (Å²) in [7, 11) is 0. The Labute approximate surface area is 126 Å². The van der Waals surface area contributed by atoms with Crippen LogP contribution in [0, 0.1) is 12.3 Å². The van der Waals surface area contributed by atoms with Crippen LogP contribution in [-0.2, 0) is 0 Å². The van der Waals surface area contributed by atoms with Crippen molar-refractivity contribution >= 4 is 40.9 Å². The molecule has 0 fully saturated rings. The molecule has 1 rings (SSSR count). The Kier molecular flexibility index (Phi) is 4.88. The van der Waals surface area contributed by atoms with E-state index in [0.29, 0.717) is 0 Å². The number of hydrogen-bond donors (Lipinski definition) is 3. The van der Waals surface area contributed by atoms with Crippen molar-refractivity contribution < 1.29 is 14.7 Å². The first kappa shape index (κ1) is 16.2. The number of benzene rings is 1. The fourth-order valence-electron chi connectivity index (χ4n) is 1.33. The van der Waals surface area contributed by atoms with Gasteiger partial charge in [0, 0.05) is 5.02 Å². The second kappa shape index (κ2) is 6.04. The van der Waals surface area contributed by atoms with Crippen molar-refractivity contribution in [3.8, 4) is 12.3 Å². The van der Waals surface area contributed by atoms with Crippen LogP contribution < -0.4 is 10.6 Å². The van der Waals surface area contributed by atoms with Crippen LogP contribution in [0.4, 0.5) is 10.5 Å². The first-order chi connectivity index (χ1) is 9.16. The largest absolute Gasteiger partial charge is 0.478 e. The molecule has 1 aromatic carbocycles. The van der Waals surface area contributed by atoms with E-state index >= 15 is 0 Å². The number of carboxylic acid groups (broad SMARTS) is 1. The maximum Gasteiger partial charge on any atom is 0.337 e. The standard InChI is InChI=1S/C13H12Cl2N2O3/c1-4-13(2,3)17-12(20)16-10-8(11(18)19)5-7(14)6-9(10)15/h1,5-6H,2-3H3,(H,18,19)(H2,16,17,20). The lowest BCUT2D eigenvalue weighted by atomic mass is 10.1. The number of anilines is 1. The van der Waals surface area contributed by atoms with Crippen LogP contribution in [0.2, 0.25) is 10.0 Å². The summed E-state index contributed by atoms with van der Waals surface area (Å²) >= 11 is 11.6. The molecule has 0 bridgehead atoms. The molecule has 0 aromatic heterocycles. The van der Waals surface area contributed by atoms with E-state index in [-0.39, 0.29) is 21.3 Å². The van der Waals surface area contributed by atoms with Crippen LogP contribution in [0.15, 0.2) is 12.1 Å². The fraction of sp³-hybridized carbons (Fsp3) is 0.231. The van der Waals surface area contributed by atoms with Gasteiger partial charge < -0.3 is 15.7 Å². The highest BCUT2D eigenvalue weighted by Gasteiger charge is 2.21. The maximum atomic E-state index is 11.8. The molecule has 0 heterocycles. The minimum atomic E-state index is -1.26. The molecule has 0 aliphatic rings. The number of carboxylic acids is 1. The summed E-state index contributed by atoms with van der Waals surface area (Å²) in [4.78, 5) is 22.9. The molecule has 0 aliphatic heterocycles. The second-order valence-electron chi connectivity index (χ2n) is 4.46. The molecule has 5 nitrogen and oxygen atoms in total. The molecule has 0 radical (unpaired) electrons. The van der Waals surface area contributed by atoms with Gasteiger partial charge in [0.2, 0.25) is 0 Å². The Bertz CT molecular complexity index is 606. The fourth-order valence-corrected chi connectivity index (χ4v) is 1.87. The Balaban J connectivity index is 3.07. The SMILES string of the molecule is C#CC(C)(C)NC(=O)Nc1c(Cl)cc(Cl)cc1C(=O)O. The van der Waals surface area contributed by atoms with Crippen molar-refractivity contribution in [3.63, 3.8) is 0 Å². The van der Waals surface area contributed by atoms with Crippen LogP contribution in [-0.4, -0.2) is 22.6 Å². The number of urea groups is 1. The summed E-state index contributed by atoms with van der Waals surface area (Å²) in [5.74, 6) is 1.11. The highest BCUT2D eigenvalue weighted by molar-refractivity contribution is 6.37. The highest BCUT2D eigenvalue weighted by Crippen LogP contribution is 2.30. The molecule has 0 atom stereocenters. The van der Waals surface area contributed by atoms with Crippen LogP contribution in [0.5, 0.6) is 0 Å². The number of terminal acetylenes is 1. The first-order valence-electron chi connectivity index (χ1n) is 5.45. The Morgan fingerprint density at radius 2 is 1.95 bits per heavy atom. The van der Waals surface area contributed by atoms with Gasteiger partial charge in [-0.3, -0.25) is 0 Å². The first-order valence-corrected chi connectivity index (χ1v) is 6.21. The van der Waals surface area contributed by atoms with Crippen LogP contribution in [0.25, 0.3) is 0 Å². The molecular formula is C13H12Cl2N2O3. The van der Waals surface area contributed by atoms with E-state index < -0.39 is 17.5 Å². The molecule has 0 saturated heterocycles. The number of amides is 2. The zero-order chi connectivity index (χ0) is 15.5. The predicted octanol–water partition coefficient (Wildman–Crippen LogP) is 3.22. The molecular weight excluding hydrogens is 303 g/mol. The monoisotopic (exact) mass is 314 g/mol. The molecule has 20 heavy (non-hydrogen) atoms. The van der Waals surface area contributed by atoms with Gasteiger partial charge in [-0.2, -0.15) is 0 Å². The lowest BCUT2D eigenvalue weighted by molar-refractivity contribution is 0.0698. The number of nitrogens with one attached hydrogen (secondary N) is 2. The number of aromatic carboxylic acids is 1. The van der Waals surface area contributed by atoms with Crippen LogP contribution in [0.1, 0.15) is 24.2 Å². The van der Waals surface area contributed by atoms with Gasteiger partial charge >= 0.3 is 12.0 Å². The summed E-state index contributed by atoms with van der Waals surface area (Å²) in [6.45, 7) is 3.24. The van der Waals surface area contributed by atoms with Gasteiger partial charge in [-0.25, -0.2) is 9.59 Å². The van der Waals surface area contributed by atoms with Crippen molar-refractivity contribution in [1.29, 1.82) is 0 Å². The van der Waals surface area contributed by atoms with Crippen molar-refractivity contribution in [2.75, 3.05) is 5.32 Å². The zero-order valence-corrected chi connectivity index (χ0v) is 12.3. The molecule has 2 amide bonds. The van der Waals surface area contributed by atoms with E-state index in [9.17, 15) is 9.59 Å². The summed E-state index contributed by atoms with van der Waals surface area (Å²) in [5.41, 5.74) is -1.14. The number of rotatable bonds is 3. The van der Waals surface area contributed by atoms with E-state index in [4.69, 9.17) is 34.7 Å². The third-order valence-corrected chi connectivity index (χ3v) is 2.83. The van der Waals surface area contributed by atoms with Crippen molar-refractivity contribution in [2.45, 2.75) is 19.4 Å². The molecule has 0 unspecified atom stereocenters. The van der Waals surface area contributed by atoms with E-state index in [2.05, 4.69) is 16.6 Å². The minimum Gasteiger partial charge on any atom is -0.478 e. The van der Waals surface area contributed by atoms with Crippen molar-refractivity contribution in [3.05, 3.63) is 27.7 Å². The van der Waals surface area contributed by atoms with Gasteiger partial charge in [-0.15, -0.1) is 6.42 Å². The lowest BCUT2D eigenvalue weighted by Crippen LogP contribution is -2.44. The van der Waals surface area contributed by atoms with Gasteiger partial charge in [0.1, 0.15) is 0 Å². The van der Waals surface area contributed by atoms with Gasteiger partial charge in [0.25, 0.3) is 0 Å². The number of hydrogen-bond acceptors (Lipinski definition) is 2. The summed E-state index contributed by atoms with van der Waals surface area (Å²) in [5, 5.41) is 14.1. The number of carbonyl (C=O) groups is 2. The van der Waals surface area contributed by atoms with Gasteiger partial charge in [-0.05, 0) is 26.0 Å². The smallest absolute Gasteiger partial charge is 0.337 e. The molecule has 0 spiro atoms. The molecule has 0 aliphatic carbocycles. The summed E-state index contributed by atoms with van der Waals surface area (Å²) in [6, 6.07) is 1.86. The number of halogens is 2. The third-order valence-electron chi connectivity index (χ3n) is 2.31. The van der Waals surface area contributed by atoms with Crippen LogP contribution in [0.3, 0.4) is 0 Å². The predicted molar refractivity (Wildman–Crippen MR) is 78.5 cm³/mol. The van der Waals surface area contributed by atoms with Crippen LogP contribution >= 0.6 is 23.2 Å². The van der Waals surface area contributed by atoms with E-state index in [1.165, 1.54) is 12.1 Å². The minimum absolute atomic E-state index is 0.0172. The highest BCUT2D eigenvalue weighted by atomic mass is 35.5. The topological polar surface area (TPSA) is 78.4 Å². The third kappa shape index (κ3) is 4.05. The average molecular weight is 315 g/mol. The van der Waals surface area contributed by atoms with Gasteiger partial charge in [0.15, 0.2) is 0 Å². The summed E-state index contributed by atoms with van der Waals surface area (Å²) in [6.07, 6.45) is 5.25. The summed E-state index contributed by atoms with van der Waals surface area (Å²) < 4.78 is 0. The molecule has 1 aromatic rings. The van der Waals surface area contributed by atoms with Crippen molar-refractivity contribution in [2.24, 2.45) is 0 Å². The molecule has 0 saturated carbocycles. The van der Waals surface area contributed by atoms with Crippen molar-refractivity contribution in [1.82, 2.24) is 5.32 Å². The van der Waals surface area contributed by atoms with E-state index in [1.807, 2.05) is 0 Å². The average Bonchev–Trinajstić information content (AvgIpc) is 2.31. The number of carbonyl (C=O) groups excluding carboxylic acids is 1. The van der Waals surface area contributed by atoms with Gasteiger partial charge in [-0.1, -0.05) is 29.1 Å². The normalized spacial score (nSPS) is 10.6.